The summed E-state index contributed by atoms with van der Waals surface area (Å²) in [6.07, 6.45) is 1.59. The number of nitrogens with zero attached hydrogens (tertiary/aromatic N) is 3. The summed E-state index contributed by atoms with van der Waals surface area (Å²) in [6, 6.07) is 11.3. The van der Waals surface area contributed by atoms with Crippen LogP contribution in [0.4, 0.5) is 11.4 Å². The summed E-state index contributed by atoms with van der Waals surface area (Å²) in [4.78, 5) is 20.5. The van der Waals surface area contributed by atoms with Crippen molar-refractivity contribution in [2.24, 2.45) is 0 Å². The number of carbonyl (C=O) groups is 1. The van der Waals surface area contributed by atoms with Gasteiger partial charge in [-0.25, -0.2) is 4.98 Å². The summed E-state index contributed by atoms with van der Waals surface area (Å²) in [7, 11) is 0. The van der Waals surface area contributed by atoms with Crippen LogP contribution in [0.2, 0.25) is 10.2 Å². The van der Waals surface area contributed by atoms with Crippen molar-refractivity contribution in [1.29, 1.82) is 0 Å². The number of hydrogen-bond acceptors (Lipinski definition) is 4. The molecule has 1 aromatic heterocycles. The van der Waals surface area contributed by atoms with Crippen LogP contribution in [0.1, 0.15) is 0 Å². The number of pyridine rings is 1. The van der Waals surface area contributed by atoms with Crippen molar-refractivity contribution < 1.29 is 4.79 Å². The first kappa shape index (κ1) is 17.0. The second-order valence-electron chi connectivity index (χ2n) is 5.63. The molecule has 24 heavy (non-hydrogen) atoms. The summed E-state index contributed by atoms with van der Waals surface area (Å²) >= 11 is 11.9. The van der Waals surface area contributed by atoms with Gasteiger partial charge in [0.1, 0.15) is 0 Å². The third kappa shape index (κ3) is 4.38. The van der Waals surface area contributed by atoms with E-state index in [1.165, 1.54) is 0 Å². The summed E-state index contributed by atoms with van der Waals surface area (Å²) in [6.45, 7) is 3.76. The van der Waals surface area contributed by atoms with E-state index in [0.717, 1.165) is 36.9 Å². The Hall–Kier alpha value is -1.82. The summed E-state index contributed by atoms with van der Waals surface area (Å²) in [5.74, 6) is -0.0788. The quantitative estimate of drug-likeness (QED) is 0.846. The molecule has 1 aromatic carbocycles. The molecule has 0 atom stereocenters. The number of carbonyl (C=O) groups excluding carboxylic acids is 1. The van der Waals surface area contributed by atoms with Crippen LogP contribution in [0, 0.1) is 0 Å². The first-order valence-electron chi connectivity index (χ1n) is 7.75. The molecule has 1 saturated heterocycles. The monoisotopic (exact) mass is 364 g/mol. The van der Waals surface area contributed by atoms with E-state index in [1.54, 1.807) is 18.3 Å². The molecule has 0 radical (unpaired) electrons. The maximum Gasteiger partial charge on any atom is 0.238 e. The van der Waals surface area contributed by atoms with Crippen LogP contribution in [-0.4, -0.2) is 48.5 Å². The third-order valence-electron chi connectivity index (χ3n) is 3.96. The molecule has 7 heteroatoms. The van der Waals surface area contributed by atoms with Gasteiger partial charge in [0.25, 0.3) is 0 Å². The molecule has 0 unspecified atom stereocenters. The number of amides is 1. The molecule has 1 aliphatic rings. The predicted octanol–water partition coefficient (Wildman–Crippen LogP) is 3.15. The van der Waals surface area contributed by atoms with E-state index in [4.69, 9.17) is 23.2 Å². The van der Waals surface area contributed by atoms with Crippen molar-refractivity contribution in [1.82, 2.24) is 9.88 Å². The zero-order chi connectivity index (χ0) is 16.9. The van der Waals surface area contributed by atoms with Crippen molar-refractivity contribution in [3.8, 4) is 0 Å². The Bertz CT molecular complexity index is 700. The summed E-state index contributed by atoms with van der Waals surface area (Å²) in [5.41, 5.74) is 1.70. The van der Waals surface area contributed by atoms with E-state index >= 15 is 0 Å². The van der Waals surface area contributed by atoms with E-state index in [2.05, 4.69) is 20.1 Å². The number of benzene rings is 1. The lowest BCUT2D eigenvalue weighted by atomic mass is 10.2. The Kier molecular flexibility index (Phi) is 5.56. The lowest BCUT2D eigenvalue weighted by Gasteiger charge is -2.35. The number of nitrogens with one attached hydrogen (secondary N) is 1. The Morgan fingerprint density at radius 3 is 2.46 bits per heavy atom. The molecule has 0 aliphatic carbocycles. The number of aromatic nitrogens is 1. The highest BCUT2D eigenvalue weighted by molar-refractivity contribution is 6.32. The third-order valence-corrected chi connectivity index (χ3v) is 4.52. The summed E-state index contributed by atoms with van der Waals surface area (Å²) in [5, 5.41) is 3.85. The smallest absolute Gasteiger partial charge is 0.238 e. The van der Waals surface area contributed by atoms with Crippen LogP contribution in [0.25, 0.3) is 0 Å². The largest absolute Gasteiger partial charge is 0.369 e. The average Bonchev–Trinajstić information content (AvgIpc) is 2.58. The van der Waals surface area contributed by atoms with Gasteiger partial charge in [0.05, 0.1) is 12.2 Å². The maximum atomic E-state index is 12.2. The molecule has 1 aliphatic heterocycles. The minimum atomic E-state index is -0.0788. The summed E-state index contributed by atoms with van der Waals surface area (Å²) < 4.78 is 0. The van der Waals surface area contributed by atoms with Crippen LogP contribution in [0.15, 0.2) is 42.6 Å². The molecule has 1 fully saturated rings. The van der Waals surface area contributed by atoms with Crippen LogP contribution < -0.4 is 10.2 Å². The molecule has 5 nitrogen and oxygen atoms in total. The molecular weight excluding hydrogens is 347 g/mol. The van der Waals surface area contributed by atoms with Crippen LogP contribution in [0.3, 0.4) is 0 Å². The highest BCUT2D eigenvalue weighted by Gasteiger charge is 2.19. The number of halogens is 2. The minimum Gasteiger partial charge on any atom is -0.369 e. The van der Waals surface area contributed by atoms with Crippen molar-refractivity contribution >= 4 is 40.5 Å². The number of anilines is 2. The predicted molar refractivity (Wildman–Crippen MR) is 98.0 cm³/mol. The van der Waals surface area contributed by atoms with Gasteiger partial charge in [-0.15, -0.1) is 0 Å². The van der Waals surface area contributed by atoms with Gasteiger partial charge < -0.3 is 10.2 Å². The molecular formula is C17H18Cl2N4O. The van der Waals surface area contributed by atoms with Crippen LogP contribution in [0.5, 0.6) is 0 Å². The van der Waals surface area contributed by atoms with Gasteiger partial charge >= 0.3 is 0 Å². The first-order chi connectivity index (χ1) is 11.6. The molecule has 2 heterocycles. The van der Waals surface area contributed by atoms with Crippen molar-refractivity contribution in [2.75, 3.05) is 42.9 Å². The van der Waals surface area contributed by atoms with Crippen LogP contribution >= 0.6 is 23.2 Å². The maximum absolute atomic E-state index is 12.2. The van der Waals surface area contributed by atoms with E-state index in [0.29, 0.717) is 17.4 Å². The molecule has 0 spiro atoms. The standard InChI is InChI=1S/C17H18Cl2N4O/c18-13-3-5-14(6-4-13)23-10-8-22(9-11-23)12-16(24)21-15-2-1-7-20-17(15)19/h1-7H,8-12H2,(H,21,24). The normalized spacial score (nSPS) is 15.3. The SMILES string of the molecule is O=C(CN1CCN(c2ccc(Cl)cc2)CC1)Nc1cccnc1Cl. The molecule has 126 valence electrons. The molecule has 1 N–H and O–H groups in total. The minimum absolute atomic E-state index is 0.0788. The second-order valence-corrected chi connectivity index (χ2v) is 6.42. The number of piperazine rings is 1. The molecule has 0 bridgehead atoms. The van der Waals surface area contributed by atoms with E-state index in [1.807, 2.05) is 24.3 Å². The van der Waals surface area contributed by atoms with Gasteiger partial charge in [0.2, 0.25) is 5.91 Å². The topological polar surface area (TPSA) is 48.5 Å². The lowest BCUT2D eigenvalue weighted by Crippen LogP contribution is -2.48. The molecule has 0 saturated carbocycles. The van der Waals surface area contributed by atoms with Gasteiger partial charge in [0, 0.05) is 43.1 Å². The fourth-order valence-electron chi connectivity index (χ4n) is 2.69. The van der Waals surface area contributed by atoms with Gasteiger partial charge in [-0.1, -0.05) is 23.2 Å². The fraction of sp³-hybridized carbons (Fsp3) is 0.294. The first-order valence-corrected chi connectivity index (χ1v) is 8.50. The van der Waals surface area contributed by atoms with Gasteiger partial charge in [-0.3, -0.25) is 9.69 Å². The van der Waals surface area contributed by atoms with E-state index in [9.17, 15) is 4.79 Å². The van der Waals surface area contributed by atoms with Gasteiger partial charge in [0.15, 0.2) is 5.15 Å². The van der Waals surface area contributed by atoms with Crippen molar-refractivity contribution in [3.63, 3.8) is 0 Å². The highest BCUT2D eigenvalue weighted by atomic mass is 35.5. The number of hydrogen-bond donors (Lipinski definition) is 1. The van der Waals surface area contributed by atoms with Crippen molar-refractivity contribution in [3.05, 3.63) is 52.8 Å². The van der Waals surface area contributed by atoms with Crippen LogP contribution in [-0.2, 0) is 4.79 Å². The Morgan fingerprint density at radius 2 is 1.79 bits per heavy atom. The Morgan fingerprint density at radius 1 is 1.08 bits per heavy atom. The van der Waals surface area contributed by atoms with Gasteiger partial charge in [-0.2, -0.15) is 0 Å². The molecule has 2 aromatic rings. The Balaban J connectivity index is 1.49. The fourth-order valence-corrected chi connectivity index (χ4v) is 2.98. The molecule has 1 amide bonds. The molecule has 3 rings (SSSR count). The lowest BCUT2D eigenvalue weighted by molar-refractivity contribution is -0.117. The average molecular weight is 365 g/mol. The van der Waals surface area contributed by atoms with Crippen molar-refractivity contribution in [2.45, 2.75) is 0 Å². The highest BCUT2D eigenvalue weighted by Crippen LogP contribution is 2.20. The second kappa shape index (κ2) is 7.83. The zero-order valence-electron chi connectivity index (χ0n) is 13.1. The van der Waals surface area contributed by atoms with E-state index in [-0.39, 0.29) is 5.91 Å². The van der Waals surface area contributed by atoms with E-state index < -0.39 is 0 Å². The number of rotatable bonds is 4. The Labute approximate surface area is 151 Å². The van der Waals surface area contributed by atoms with Gasteiger partial charge in [-0.05, 0) is 36.4 Å². The zero-order valence-corrected chi connectivity index (χ0v) is 14.6.